The van der Waals surface area contributed by atoms with E-state index in [1.54, 1.807) is 7.05 Å². The Morgan fingerprint density at radius 1 is 1.16 bits per heavy atom. The number of benzene rings is 1. The number of piperazine rings is 1. The Labute approximate surface area is 153 Å². The van der Waals surface area contributed by atoms with Gasteiger partial charge in [0.15, 0.2) is 0 Å². The molecule has 1 aliphatic heterocycles. The molecule has 6 nitrogen and oxygen atoms in total. The highest BCUT2D eigenvalue weighted by atomic mass is 32.2. The molecule has 1 heterocycles. The van der Waals surface area contributed by atoms with Crippen molar-refractivity contribution in [2.24, 2.45) is 0 Å². The second kappa shape index (κ2) is 9.52. The van der Waals surface area contributed by atoms with Gasteiger partial charge in [-0.2, -0.15) is 12.7 Å². The van der Waals surface area contributed by atoms with Crippen LogP contribution in [0.2, 0.25) is 0 Å². The summed E-state index contributed by atoms with van der Waals surface area (Å²) in [6, 6.07) is 10.6. The maximum atomic E-state index is 12.2. The average Bonchev–Trinajstić information content (AvgIpc) is 2.65. The van der Waals surface area contributed by atoms with Gasteiger partial charge >= 0.3 is 0 Å². The van der Waals surface area contributed by atoms with Crippen molar-refractivity contribution in [3.8, 4) is 0 Å². The Kier molecular flexibility index (Phi) is 7.68. The van der Waals surface area contributed by atoms with Crippen LogP contribution in [0, 0.1) is 0 Å². The van der Waals surface area contributed by atoms with Gasteiger partial charge in [-0.3, -0.25) is 4.90 Å². The van der Waals surface area contributed by atoms with E-state index in [9.17, 15) is 8.42 Å². The van der Waals surface area contributed by atoms with Crippen LogP contribution < -0.4 is 9.62 Å². The van der Waals surface area contributed by atoms with Crippen molar-refractivity contribution in [3.63, 3.8) is 0 Å². The van der Waals surface area contributed by atoms with Gasteiger partial charge in [0, 0.05) is 58.0 Å². The van der Waals surface area contributed by atoms with Gasteiger partial charge in [-0.05, 0) is 25.5 Å². The summed E-state index contributed by atoms with van der Waals surface area (Å²) >= 11 is 0. The predicted molar refractivity (Wildman–Crippen MR) is 104 cm³/mol. The van der Waals surface area contributed by atoms with E-state index in [1.165, 1.54) is 9.99 Å². The van der Waals surface area contributed by atoms with Gasteiger partial charge in [-0.1, -0.05) is 31.5 Å². The summed E-state index contributed by atoms with van der Waals surface area (Å²) in [4.78, 5) is 4.74. The van der Waals surface area contributed by atoms with E-state index in [1.807, 2.05) is 6.07 Å². The number of rotatable bonds is 9. The molecule has 1 aromatic rings. The van der Waals surface area contributed by atoms with Gasteiger partial charge in [0.2, 0.25) is 0 Å². The number of nitrogens with one attached hydrogen (secondary N) is 1. The van der Waals surface area contributed by atoms with E-state index in [2.05, 4.69) is 52.6 Å². The molecule has 25 heavy (non-hydrogen) atoms. The lowest BCUT2D eigenvalue weighted by Crippen LogP contribution is -2.53. The van der Waals surface area contributed by atoms with Crippen LogP contribution in [-0.4, -0.2) is 70.0 Å². The van der Waals surface area contributed by atoms with E-state index in [-0.39, 0.29) is 6.04 Å². The van der Waals surface area contributed by atoms with Crippen LogP contribution in [0.4, 0.5) is 5.69 Å². The molecule has 1 fully saturated rings. The van der Waals surface area contributed by atoms with Crippen LogP contribution in [0.15, 0.2) is 30.3 Å². The van der Waals surface area contributed by atoms with Crippen LogP contribution in [-0.2, 0) is 10.2 Å². The summed E-state index contributed by atoms with van der Waals surface area (Å²) < 4.78 is 28.7. The van der Waals surface area contributed by atoms with Gasteiger partial charge in [-0.15, -0.1) is 0 Å². The summed E-state index contributed by atoms with van der Waals surface area (Å²) in [5.41, 5.74) is 1.26. The number of anilines is 1. The fourth-order valence-electron chi connectivity index (χ4n) is 3.03. The van der Waals surface area contributed by atoms with E-state index >= 15 is 0 Å². The first-order valence-corrected chi connectivity index (χ1v) is 10.6. The second-order valence-electron chi connectivity index (χ2n) is 6.74. The van der Waals surface area contributed by atoms with Crippen LogP contribution in [0.5, 0.6) is 0 Å². The topological polar surface area (TPSA) is 55.9 Å². The number of para-hydroxylation sites is 1. The monoisotopic (exact) mass is 368 g/mol. The third-order valence-electron chi connectivity index (χ3n) is 4.86. The fraction of sp³-hybridized carbons (Fsp3) is 0.667. The lowest BCUT2D eigenvalue weighted by Gasteiger charge is -2.39. The summed E-state index contributed by atoms with van der Waals surface area (Å²) in [5, 5.41) is 0. The van der Waals surface area contributed by atoms with Gasteiger partial charge in [0.05, 0.1) is 0 Å². The molecule has 0 bridgehead atoms. The minimum absolute atomic E-state index is 0.187. The zero-order valence-corrected chi connectivity index (χ0v) is 16.5. The van der Waals surface area contributed by atoms with Gasteiger partial charge in [0.25, 0.3) is 10.2 Å². The highest BCUT2D eigenvalue weighted by molar-refractivity contribution is 7.87. The first-order chi connectivity index (χ1) is 11.9. The molecule has 1 atom stereocenters. The van der Waals surface area contributed by atoms with E-state index in [4.69, 9.17) is 0 Å². The highest BCUT2D eigenvalue weighted by Crippen LogP contribution is 2.16. The van der Waals surface area contributed by atoms with Crippen molar-refractivity contribution < 1.29 is 8.42 Å². The minimum Gasteiger partial charge on any atom is -0.369 e. The first kappa shape index (κ1) is 20.2. The molecule has 0 radical (unpaired) electrons. The molecule has 0 aliphatic carbocycles. The molecule has 0 spiro atoms. The number of hydrogen-bond donors (Lipinski definition) is 1. The Morgan fingerprint density at radius 2 is 1.80 bits per heavy atom. The Hall–Kier alpha value is -1.15. The summed E-state index contributed by atoms with van der Waals surface area (Å²) in [6.45, 7) is 9.00. The SMILES string of the molecule is CCCCN(C)S(=O)(=O)NCC(C)N1CCN(c2ccccc2)CC1. The lowest BCUT2D eigenvalue weighted by molar-refractivity contribution is 0.197. The third kappa shape index (κ3) is 5.95. The van der Waals surface area contributed by atoms with E-state index in [0.717, 1.165) is 39.0 Å². The Morgan fingerprint density at radius 3 is 2.40 bits per heavy atom. The predicted octanol–water partition coefficient (Wildman–Crippen LogP) is 1.76. The van der Waals surface area contributed by atoms with Crippen molar-refractivity contribution in [3.05, 3.63) is 30.3 Å². The number of unbranched alkanes of at least 4 members (excludes halogenated alkanes) is 1. The normalized spacial score (nSPS) is 17.8. The fourth-order valence-corrected chi connectivity index (χ4v) is 4.07. The molecule has 2 rings (SSSR count). The van der Waals surface area contributed by atoms with Crippen molar-refractivity contribution in [1.29, 1.82) is 0 Å². The molecule has 7 heteroatoms. The highest BCUT2D eigenvalue weighted by Gasteiger charge is 2.23. The Balaban J connectivity index is 1.78. The molecule has 1 aliphatic rings. The molecule has 1 unspecified atom stereocenters. The second-order valence-corrected chi connectivity index (χ2v) is 8.60. The molecule has 142 valence electrons. The van der Waals surface area contributed by atoms with Crippen LogP contribution >= 0.6 is 0 Å². The summed E-state index contributed by atoms with van der Waals surface area (Å²) in [6.07, 6.45) is 1.87. The number of nitrogens with zero attached hydrogens (tertiary/aromatic N) is 3. The summed E-state index contributed by atoms with van der Waals surface area (Å²) in [5.74, 6) is 0. The van der Waals surface area contributed by atoms with Crippen molar-refractivity contribution >= 4 is 15.9 Å². The maximum Gasteiger partial charge on any atom is 0.279 e. The molecule has 0 aromatic heterocycles. The Bertz CT molecular complexity index is 601. The molecular formula is C18H32N4O2S. The zero-order valence-electron chi connectivity index (χ0n) is 15.7. The molecule has 1 N–H and O–H groups in total. The van der Waals surface area contributed by atoms with Gasteiger partial charge in [0.1, 0.15) is 0 Å². The largest absolute Gasteiger partial charge is 0.369 e. The zero-order chi connectivity index (χ0) is 18.3. The van der Waals surface area contributed by atoms with E-state index in [0.29, 0.717) is 13.1 Å². The average molecular weight is 369 g/mol. The van der Waals surface area contributed by atoms with Crippen LogP contribution in [0.1, 0.15) is 26.7 Å². The van der Waals surface area contributed by atoms with Gasteiger partial charge < -0.3 is 4.90 Å². The maximum absolute atomic E-state index is 12.2. The molecule has 0 amide bonds. The quantitative estimate of drug-likeness (QED) is 0.722. The van der Waals surface area contributed by atoms with E-state index < -0.39 is 10.2 Å². The first-order valence-electron chi connectivity index (χ1n) is 9.19. The minimum atomic E-state index is -3.37. The molecule has 1 aromatic carbocycles. The van der Waals surface area contributed by atoms with Gasteiger partial charge in [-0.25, -0.2) is 4.72 Å². The van der Waals surface area contributed by atoms with Crippen molar-refractivity contribution in [1.82, 2.24) is 13.9 Å². The van der Waals surface area contributed by atoms with Crippen molar-refractivity contribution in [2.75, 3.05) is 51.2 Å². The summed E-state index contributed by atoms with van der Waals surface area (Å²) in [7, 11) is -1.73. The van der Waals surface area contributed by atoms with Crippen LogP contribution in [0.25, 0.3) is 0 Å². The smallest absolute Gasteiger partial charge is 0.279 e. The number of hydrogen-bond acceptors (Lipinski definition) is 4. The standard InChI is InChI=1S/C18H32N4O2S/c1-4-5-11-20(3)25(23,24)19-16-17(2)21-12-14-22(15-13-21)18-9-7-6-8-10-18/h6-10,17,19H,4-5,11-16H2,1-3H3. The molecular weight excluding hydrogens is 336 g/mol. The van der Waals surface area contributed by atoms with Crippen LogP contribution in [0.3, 0.4) is 0 Å². The van der Waals surface area contributed by atoms with Crippen molar-refractivity contribution in [2.45, 2.75) is 32.7 Å². The molecule has 0 saturated carbocycles. The lowest BCUT2D eigenvalue weighted by atomic mass is 10.2. The third-order valence-corrected chi connectivity index (χ3v) is 6.39. The molecule has 1 saturated heterocycles.